The molecular formula is C46H48NP. The first-order valence-corrected chi connectivity index (χ1v) is 19.9. The number of benzene rings is 6. The lowest BCUT2D eigenvalue weighted by Crippen LogP contribution is -2.28. The van der Waals surface area contributed by atoms with E-state index in [1.165, 1.54) is 125 Å². The van der Waals surface area contributed by atoms with Crippen LogP contribution in [0.25, 0.3) is 54.9 Å². The Balaban J connectivity index is 1.47. The van der Waals surface area contributed by atoms with Crippen molar-refractivity contribution in [3.05, 3.63) is 121 Å². The van der Waals surface area contributed by atoms with E-state index < -0.39 is 7.92 Å². The quantitative estimate of drug-likeness (QED) is 0.156. The van der Waals surface area contributed by atoms with Gasteiger partial charge in [-0.25, -0.2) is 0 Å². The summed E-state index contributed by atoms with van der Waals surface area (Å²) in [6.45, 7) is 0. The Morgan fingerprint density at radius 1 is 0.438 bits per heavy atom. The zero-order valence-corrected chi connectivity index (χ0v) is 29.6. The van der Waals surface area contributed by atoms with Gasteiger partial charge in [0.2, 0.25) is 0 Å². The topological polar surface area (TPSA) is 3.24 Å². The maximum Gasteiger partial charge on any atom is 0.0440 e. The third-order valence-corrected chi connectivity index (χ3v) is 14.8. The van der Waals surface area contributed by atoms with E-state index in [1.807, 2.05) is 0 Å². The normalized spacial score (nSPS) is 16.1. The molecule has 0 heterocycles. The van der Waals surface area contributed by atoms with Gasteiger partial charge in [-0.1, -0.05) is 162 Å². The van der Waals surface area contributed by atoms with Crippen LogP contribution in [0.4, 0.5) is 5.69 Å². The van der Waals surface area contributed by atoms with Crippen LogP contribution in [0.3, 0.4) is 0 Å². The van der Waals surface area contributed by atoms with Crippen molar-refractivity contribution in [2.75, 3.05) is 19.0 Å². The molecule has 6 aromatic carbocycles. The molecule has 2 heteroatoms. The monoisotopic (exact) mass is 645 g/mol. The van der Waals surface area contributed by atoms with Crippen LogP contribution in [0, 0.1) is 0 Å². The fourth-order valence-corrected chi connectivity index (χ4v) is 13.1. The van der Waals surface area contributed by atoms with Gasteiger partial charge in [0.1, 0.15) is 0 Å². The lowest BCUT2D eigenvalue weighted by molar-refractivity contribution is 0.487. The van der Waals surface area contributed by atoms with Gasteiger partial charge in [0.15, 0.2) is 0 Å². The molecule has 0 saturated heterocycles. The lowest BCUT2D eigenvalue weighted by Gasteiger charge is -2.41. The van der Waals surface area contributed by atoms with E-state index in [0.29, 0.717) is 0 Å². The molecule has 1 nitrogen and oxygen atoms in total. The van der Waals surface area contributed by atoms with Gasteiger partial charge >= 0.3 is 0 Å². The predicted octanol–water partition coefficient (Wildman–Crippen LogP) is 12.8. The molecule has 48 heavy (non-hydrogen) atoms. The largest absolute Gasteiger partial charge is 0.377 e. The minimum Gasteiger partial charge on any atom is -0.377 e. The van der Waals surface area contributed by atoms with E-state index in [1.54, 1.807) is 5.30 Å². The second-order valence-electron chi connectivity index (χ2n) is 14.3. The van der Waals surface area contributed by atoms with Gasteiger partial charge in [0.25, 0.3) is 0 Å². The predicted molar refractivity (Wildman–Crippen MR) is 212 cm³/mol. The Morgan fingerprint density at radius 3 is 1.62 bits per heavy atom. The SMILES string of the molecule is CN(C)c1ccccc1-c1cccc(-c2ccc3ccccc3c2-c2cccc3ccccc23)c1P(C1CCCCC1)C1CCCCC1. The summed E-state index contributed by atoms with van der Waals surface area (Å²) in [4.78, 5) is 2.31. The molecule has 0 aromatic heterocycles. The molecule has 0 amide bonds. The lowest BCUT2D eigenvalue weighted by atomic mass is 9.86. The number of fused-ring (bicyclic) bond motifs is 2. The van der Waals surface area contributed by atoms with Gasteiger partial charge < -0.3 is 4.90 Å². The summed E-state index contributed by atoms with van der Waals surface area (Å²) in [6, 6.07) is 46.2. The first kappa shape index (κ1) is 31.3. The minimum absolute atomic E-state index is 0.390. The second-order valence-corrected chi connectivity index (χ2v) is 17.1. The molecule has 242 valence electrons. The molecule has 8 rings (SSSR count). The summed E-state index contributed by atoms with van der Waals surface area (Å²) < 4.78 is 0. The van der Waals surface area contributed by atoms with Crippen LogP contribution in [-0.2, 0) is 0 Å². The Labute approximate surface area is 288 Å². The van der Waals surface area contributed by atoms with Crippen LogP contribution in [0.15, 0.2) is 121 Å². The summed E-state index contributed by atoms with van der Waals surface area (Å²) in [6.07, 6.45) is 13.9. The first-order valence-electron chi connectivity index (χ1n) is 18.4. The molecule has 0 aliphatic heterocycles. The van der Waals surface area contributed by atoms with Crippen molar-refractivity contribution >= 4 is 40.5 Å². The zero-order chi connectivity index (χ0) is 32.5. The molecule has 0 unspecified atom stereocenters. The van der Waals surface area contributed by atoms with E-state index in [4.69, 9.17) is 0 Å². The highest BCUT2D eigenvalue weighted by Gasteiger charge is 2.36. The molecule has 0 radical (unpaired) electrons. The summed E-state index contributed by atoms with van der Waals surface area (Å²) in [7, 11) is 4.02. The van der Waals surface area contributed by atoms with E-state index in [2.05, 4.69) is 140 Å². The Hall–Kier alpha value is -3.93. The number of anilines is 1. The standard InChI is InChI=1S/C46H48NP/c1-47(2)44-30-14-13-26-39(44)42-28-16-29-43(46(42)48(35-20-5-3-6-21-35)36-22-7-4-8-23-36)41-32-31-34-18-10-12-25-38(34)45(41)40-27-15-19-33-17-9-11-24-37(33)40/h9-19,24-32,35-36H,3-8,20-23H2,1-2H3. The average Bonchev–Trinajstić information content (AvgIpc) is 3.15. The van der Waals surface area contributed by atoms with Crippen molar-refractivity contribution in [1.29, 1.82) is 0 Å². The van der Waals surface area contributed by atoms with E-state index >= 15 is 0 Å². The van der Waals surface area contributed by atoms with Gasteiger partial charge in [-0.15, -0.1) is 0 Å². The molecule has 2 aliphatic rings. The van der Waals surface area contributed by atoms with Crippen LogP contribution < -0.4 is 10.2 Å². The van der Waals surface area contributed by atoms with E-state index in [9.17, 15) is 0 Å². The number of nitrogens with zero attached hydrogens (tertiary/aromatic N) is 1. The summed E-state index contributed by atoms with van der Waals surface area (Å²) in [5.41, 5.74) is 11.3. The highest BCUT2D eigenvalue weighted by atomic mass is 31.1. The molecule has 0 atom stereocenters. The van der Waals surface area contributed by atoms with E-state index in [0.717, 1.165) is 11.3 Å². The van der Waals surface area contributed by atoms with Gasteiger partial charge in [0.05, 0.1) is 0 Å². The average molecular weight is 646 g/mol. The highest BCUT2D eigenvalue weighted by Crippen LogP contribution is 2.58. The molecule has 0 spiro atoms. The molecule has 2 fully saturated rings. The van der Waals surface area contributed by atoms with Crippen molar-refractivity contribution in [3.8, 4) is 33.4 Å². The van der Waals surface area contributed by atoms with Gasteiger partial charge in [0, 0.05) is 25.3 Å². The third-order valence-electron chi connectivity index (χ3n) is 11.2. The van der Waals surface area contributed by atoms with Crippen molar-refractivity contribution in [2.45, 2.75) is 75.5 Å². The van der Waals surface area contributed by atoms with Crippen LogP contribution in [0.1, 0.15) is 64.2 Å². The second kappa shape index (κ2) is 13.9. The third kappa shape index (κ3) is 5.86. The maximum absolute atomic E-state index is 2.50. The fourth-order valence-electron chi connectivity index (χ4n) is 8.96. The van der Waals surface area contributed by atoms with Gasteiger partial charge in [-0.05, 0) is 97.7 Å². The summed E-state index contributed by atoms with van der Waals surface area (Å²) in [5.74, 6) is 0. The Kier molecular flexibility index (Phi) is 9.07. The minimum atomic E-state index is -0.390. The zero-order valence-electron chi connectivity index (χ0n) is 28.7. The molecular weight excluding hydrogens is 597 g/mol. The van der Waals surface area contributed by atoms with Crippen LogP contribution in [0.5, 0.6) is 0 Å². The van der Waals surface area contributed by atoms with Gasteiger partial charge in [-0.3, -0.25) is 0 Å². The molecule has 2 aliphatic carbocycles. The van der Waals surface area contributed by atoms with Crippen LogP contribution in [-0.4, -0.2) is 25.4 Å². The van der Waals surface area contributed by atoms with E-state index in [-0.39, 0.29) is 0 Å². The highest BCUT2D eigenvalue weighted by molar-refractivity contribution is 7.67. The van der Waals surface area contributed by atoms with Crippen LogP contribution >= 0.6 is 7.92 Å². The van der Waals surface area contributed by atoms with Crippen molar-refractivity contribution in [2.24, 2.45) is 0 Å². The Bertz CT molecular complexity index is 2020. The number of hydrogen-bond acceptors (Lipinski definition) is 1. The summed E-state index contributed by atoms with van der Waals surface area (Å²) >= 11 is 0. The number of hydrogen-bond donors (Lipinski definition) is 0. The smallest absolute Gasteiger partial charge is 0.0440 e. The molecule has 6 aromatic rings. The molecule has 0 N–H and O–H groups in total. The number of rotatable bonds is 7. The number of para-hydroxylation sites is 1. The molecule has 0 bridgehead atoms. The summed E-state index contributed by atoms with van der Waals surface area (Å²) in [5, 5.41) is 6.96. The van der Waals surface area contributed by atoms with Crippen molar-refractivity contribution in [1.82, 2.24) is 0 Å². The Morgan fingerprint density at radius 2 is 0.938 bits per heavy atom. The maximum atomic E-state index is 2.50. The fraction of sp³-hybridized carbons (Fsp3) is 0.304. The molecule has 2 saturated carbocycles. The first-order chi connectivity index (χ1) is 23.7. The van der Waals surface area contributed by atoms with Crippen LogP contribution in [0.2, 0.25) is 0 Å². The van der Waals surface area contributed by atoms with Gasteiger partial charge in [-0.2, -0.15) is 0 Å². The van der Waals surface area contributed by atoms with Crippen molar-refractivity contribution < 1.29 is 0 Å². The van der Waals surface area contributed by atoms with Crippen molar-refractivity contribution in [3.63, 3.8) is 0 Å².